The number of nitrogens with one attached hydrogen (secondary N) is 2. The van der Waals surface area contributed by atoms with Crippen LogP contribution in [0.15, 0.2) is 30.3 Å². The van der Waals surface area contributed by atoms with Crippen LogP contribution in [0.5, 0.6) is 0 Å². The second-order valence-electron chi connectivity index (χ2n) is 7.40. The minimum atomic E-state index is -4.23. The van der Waals surface area contributed by atoms with Gasteiger partial charge in [0, 0.05) is 4.75 Å². The Labute approximate surface area is 170 Å². The van der Waals surface area contributed by atoms with E-state index in [4.69, 9.17) is 5.14 Å². The second kappa shape index (κ2) is 6.78. The van der Waals surface area contributed by atoms with Gasteiger partial charge >= 0.3 is 0 Å². The molecule has 2 aliphatic heterocycles. The van der Waals surface area contributed by atoms with Crippen LogP contribution < -0.4 is 10.5 Å². The fourth-order valence-electron chi connectivity index (χ4n) is 3.80. The number of benzene rings is 1. The molecule has 1 aromatic carbocycles. The Kier molecular flexibility index (Phi) is 4.63. The third-order valence-electron chi connectivity index (χ3n) is 5.01. The first-order chi connectivity index (χ1) is 13.6. The normalized spacial score (nSPS) is 26.5. The molecule has 2 fully saturated rings. The maximum Gasteiger partial charge on any atom is 0.249 e. The van der Waals surface area contributed by atoms with Crippen LogP contribution >= 0.6 is 11.8 Å². The Hall–Kier alpha value is -2.51. The highest BCUT2D eigenvalue weighted by Crippen LogP contribution is 2.56. The van der Waals surface area contributed by atoms with E-state index in [1.54, 1.807) is 23.1 Å². The van der Waals surface area contributed by atoms with Gasteiger partial charge in [-0.3, -0.25) is 9.59 Å². The molecule has 0 aliphatic carbocycles. The number of aromatic amines is 1. The summed E-state index contributed by atoms with van der Waals surface area (Å²) in [6, 6.07) is 6.65. The van der Waals surface area contributed by atoms with Crippen LogP contribution in [0.4, 0.5) is 0 Å². The van der Waals surface area contributed by atoms with Crippen molar-refractivity contribution in [1.82, 2.24) is 30.8 Å². The monoisotopic (exact) mass is 437 g/mol. The molecule has 1 aromatic heterocycles. The van der Waals surface area contributed by atoms with E-state index in [9.17, 15) is 18.0 Å². The van der Waals surface area contributed by atoms with Crippen LogP contribution in [-0.2, 0) is 19.6 Å². The number of fused-ring (bicyclic) bond motifs is 1. The van der Waals surface area contributed by atoms with Gasteiger partial charge in [0.15, 0.2) is 11.1 Å². The Morgan fingerprint density at radius 2 is 2.03 bits per heavy atom. The van der Waals surface area contributed by atoms with E-state index in [0.29, 0.717) is 5.82 Å². The maximum absolute atomic E-state index is 12.8. The summed E-state index contributed by atoms with van der Waals surface area (Å²) in [4.78, 5) is 27.2. The number of nitrogens with two attached hydrogens (primary N) is 1. The van der Waals surface area contributed by atoms with Gasteiger partial charge in [0.1, 0.15) is 17.5 Å². The number of aromatic nitrogens is 4. The summed E-state index contributed by atoms with van der Waals surface area (Å²) in [6.07, 6.45) is 0. The van der Waals surface area contributed by atoms with Crippen molar-refractivity contribution in [3.8, 4) is 0 Å². The van der Waals surface area contributed by atoms with Crippen LogP contribution in [0, 0.1) is 0 Å². The molecule has 2 amide bonds. The summed E-state index contributed by atoms with van der Waals surface area (Å²) in [7, 11) is -4.23. The third-order valence-corrected chi connectivity index (χ3v) is 7.73. The number of thioether (sulfide) groups is 1. The van der Waals surface area contributed by atoms with Gasteiger partial charge < -0.3 is 10.2 Å². The van der Waals surface area contributed by atoms with Gasteiger partial charge in [-0.25, -0.2) is 13.6 Å². The van der Waals surface area contributed by atoms with Crippen molar-refractivity contribution >= 4 is 33.6 Å². The van der Waals surface area contributed by atoms with E-state index in [1.165, 1.54) is 23.9 Å². The summed E-state index contributed by atoms with van der Waals surface area (Å²) < 4.78 is 23.7. The largest absolute Gasteiger partial charge is 0.340 e. The third kappa shape index (κ3) is 3.28. The summed E-state index contributed by atoms with van der Waals surface area (Å²) >= 11 is 1.48. The number of hydrogen-bond acceptors (Lipinski definition) is 8. The predicted molar refractivity (Wildman–Crippen MR) is 103 cm³/mol. The number of amides is 2. The van der Waals surface area contributed by atoms with Gasteiger partial charge in [0.05, 0.1) is 0 Å². The van der Waals surface area contributed by atoms with Gasteiger partial charge in [-0.15, -0.1) is 22.0 Å². The van der Waals surface area contributed by atoms with E-state index in [-0.39, 0.29) is 16.8 Å². The van der Waals surface area contributed by atoms with Crippen molar-refractivity contribution in [2.75, 3.05) is 0 Å². The van der Waals surface area contributed by atoms with Gasteiger partial charge in [-0.1, -0.05) is 35.5 Å². The van der Waals surface area contributed by atoms with Gasteiger partial charge in [0.2, 0.25) is 21.8 Å². The molecule has 11 nitrogen and oxygen atoms in total. The van der Waals surface area contributed by atoms with Gasteiger partial charge in [0.25, 0.3) is 0 Å². The molecule has 0 saturated carbocycles. The molecular formula is C16H19N7O4S2. The summed E-state index contributed by atoms with van der Waals surface area (Å²) in [6.45, 7) is 3.89. The number of carbonyl (C=O) groups excluding carboxylic acids is 2. The van der Waals surface area contributed by atoms with Crippen molar-refractivity contribution < 1.29 is 18.0 Å². The Morgan fingerprint density at radius 3 is 2.62 bits per heavy atom. The lowest BCUT2D eigenvalue weighted by atomic mass is 9.95. The first-order valence-corrected chi connectivity index (χ1v) is 11.2. The SMILES string of the molecule is CC1(C)S[C@H]2C(NC(=O)C(c3ccccc3)S(N)(=O)=O)C(=O)N2C1c1nn[nH]n1. The summed E-state index contributed by atoms with van der Waals surface area (Å²) in [5.74, 6) is -0.787. The summed E-state index contributed by atoms with van der Waals surface area (Å²) in [5.41, 5.74) is 0.236. The number of rotatable bonds is 5. The minimum Gasteiger partial charge on any atom is -0.340 e. The summed E-state index contributed by atoms with van der Waals surface area (Å²) in [5, 5.41) is 19.8. The molecular weight excluding hydrogens is 418 g/mol. The van der Waals surface area contributed by atoms with Crippen LogP contribution in [0.2, 0.25) is 0 Å². The molecule has 3 heterocycles. The zero-order valence-corrected chi connectivity index (χ0v) is 17.1. The lowest BCUT2D eigenvalue weighted by Gasteiger charge is -2.44. The molecule has 2 aromatic rings. The topological polar surface area (TPSA) is 164 Å². The zero-order valence-electron chi connectivity index (χ0n) is 15.5. The van der Waals surface area contributed by atoms with Crippen LogP contribution in [0.3, 0.4) is 0 Å². The number of carbonyl (C=O) groups is 2. The molecule has 154 valence electrons. The molecule has 0 spiro atoms. The van der Waals surface area contributed by atoms with Crippen molar-refractivity contribution in [2.24, 2.45) is 5.14 Å². The molecule has 4 atom stereocenters. The Balaban J connectivity index is 1.57. The van der Waals surface area contributed by atoms with Crippen molar-refractivity contribution in [2.45, 2.75) is 41.3 Å². The Morgan fingerprint density at radius 1 is 1.34 bits per heavy atom. The zero-order chi connectivity index (χ0) is 21.0. The average molecular weight is 438 g/mol. The van der Waals surface area contributed by atoms with Crippen LogP contribution in [0.1, 0.15) is 36.5 Å². The van der Waals surface area contributed by atoms with E-state index in [2.05, 4.69) is 25.9 Å². The molecule has 3 unspecified atom stereocenters. The standard InChI is InChI=1S/C16H19N7O4S2/c1-16(2)11(12-19-21-22-20-12)23-14(25)9(15(23)28-16)18-13(24)10(29(17,26)27)8-6-4-3-5-7-8/h3-7,9-11,15H,1-2H3,(H,18,24)(H2,17,26,27)(H,19,20,21,22)/t9?,10?,11?,15-/m0/s1. The van der Waals surface area contributed by atoms with E-state index < -0.39 is 38.0 Å². The lowest BCUT2D eigenvalue weighted by Crippen LogP contribution is -2.68. The van der Waals surface area contributed by atoms with Gasteiger partial charge in [-0.2, -0.15) is 5.21 Å². The van der Waals surface area contributed by atoms with Crippen LogP contribution in [-0.4, -0.2) is 61.9 Å². The number of H-pyrrole nitrogens is 1. The quantitative estimate of drug-likeness (QED) is 0.524. The minimum absolute atomic E-state index is 0.236. The average Bonchev–Trinajstić information content (AvgIpc) is 3.23. The molecule has 0 bridgehead atoms. The molecule has 29 heavy (non-hydrogen) atoms. The van der Waals surface area contributed by atoms with Crippen LogP contribution in [0.25, 0.3) is 0 Å². The highest BCUT2D eigenvalue weighted by atomic mass is 32.2. The lowest BCUT2D eigenvalue weighted by molar-refractivity contribution is -0.151. The molecule has 2 saturated heterocycles. The van der Waals surface area contributed by atoms with E-state index >= 15 is 0 Å². The molecule has 4 rings (SSSR count). The van der Waals surface area contributed by atoms with Crippen molar-refractivity contribution in [3.63, 3.8) is 0 Å². The van der Waals surface area contributed by atoms with E-state index in [1.807, 2.05) is 13.8 Å². The first-order valence-electron chi connectivity index (χ1n) is 8.71. The molecule has 13 heteroatoms. The number of hydrogen-bond donors (Lipinski definition) is 3. The van der Waals surface area contributed by atoms with Crippen molar-refractivity contribution in [1.29, 1.82) is 0 Å². The first kappa shape index (κ1) is 19.8. The number of β-lactam (4-membered cyclic amide) rings is 1. The van der Waals surface area contributed by atoms with Gasteiger partial charge in [-0.05, 0) is 19.4 Å². The molecule has 0 radical (unpaired) electrons. The molecule has 2 aliphatic rings. The number of nitrogens with zero attached hydrogens (tertiary/aromatic N) is 4. The Bertz CT molecular complexity index is 1040. The fourth-order valence-corrected chi connectivity index (χ4v) is 6.33. The highest BCUT2D eigenvalue weighted by Gasteiger charge is 2.63. The highest BCUT2D eigenvalue weighted by molar-refractivity contribution is 8.01. The number of primary sulfonamides is 1. The smallest absolute Gasteiger partial charge is 0.249 e. The number of sulfonamides is 1. The van der Waals surface area contributed by atoms with E-state index in [0.717, 1.165) is 0 Å². The second-order valence-corrected chi connectivity index (χ2v) is 10.8. The molecule has 4 N–H and O–H groups in total. The van der Waals surface area contributed by atoms with Crippen molar-refractivity contribution in [3.05, 3.63) is 41.7 Å². The number of tetrazole rings is 1. The predicted octanol–water partition coefficient (Wildman–Crippen LogP) is -0.551. The maximum atomic E-state index is 12.8. The fraction of sp³-hybridized carbons (Fsp3) is 0.438.